The molecule has 8 nitrogen and oxygen atoms in total. The summed E-state index contributed by atoms with van der Waals surface area (Å²) in [4.78, 5) is 4.68. The van der Waals surface area contributed by atoms with Crippen LogP contribution >= 0.6 is 12.4 Å². The normalized spacial score (nSPS) is 11.7. The Balaban J connectivity index is 0.00000289. The Morgan fingerprint density at radius 2 is 1.19 bits per heavy atom. The second kappa shape index (κ2) is 8.81. The first-order valence-corrected chi connectivity index (χ1v) is 13.0. The molecule has 4 rings (SSSR count). The maximum absolute atomic E-state index is 11.7. The van der Waals surface area contributed by atoms with Crippen LogP contribution in [0.2, 0.25) is 0 Å². The van der Waals surface area contributed by atoms with Crippen LogP contribution < -0.4 is 14.8 Å². The first-order valence-electron chi connectivity index (χ1n) is 9.23. The van der Waals surface area contributed by atoms with Gasteiger partial charge in [-0.25, -0.2) is 21.8 Å². The number of sulfonamides is 2. The zero-order chi connectivity index (χ0) is 22.2. The molecule has 0 saturated carbocycles. The molecule has 11 heteroatoms. The Labute approximate surface area is 192 Å². The van der Waals surface area contributed by atoms with Gasteiger partial charge in [0.1, 0.15) is 0 Å². The van der Waals surface area contributed by atoms with Gasteiger partial charge in [-0.05, 0) is 48.5 Å². The minimum Gasteiger partial charge on any atom is -0.354 e. The molecule has 0 unspecified atom stereocenters. The van der Waals surface area contributed by atoms with E-state index in [2.05, 4.69) is 19.7 Å². The van der Waals surface area contributed by atoms with E-state index in [1.165, 1.54) is 0 Å². The van der Waals surface area contributed by atoms with E-state index in [1.54, 1.807) is 42.5 Å². The summed E-state index contributed by atoms with van der Waals surface area (Å²) in [6.45, 7) is 0. The molecule has 1 heterocycles. The number of nitrogens with one attached hydrogen (secondary N) is 3. The van der Waals surface area contributed by atoms with E-state index in [0.29, 0.717) is 16.9 Å². The molecule has 0 aliphatic carbocycles. The predicted octanol–water partition coefficient (Wildman–Crippen LogP) is 4.30. The first kappa shape index (κ1) is 23.6. The number of fused-ring (bicyclic) bond motifs is 2. The summed E-state index contributed by atoms with van der Waals surface area (Å²) in [5.74, 6) is 0. The van der Waals surface area contributed by atoms with Crippen LogP contribution in [0.3, 0.4) is 0 Å². The Kier molecular flexibility index (Phi) is 6.49. The molecule has 0 amide bonds. The molecule has 32 heavy (non-hydrogen) atoms. The summed E-state index contributed by atoms with van der Waals surface area (Å²) in [7, 11) is -6.79. The topological polar surface area (TPSA) is 117 Å². The van der Waals surface area contributed by atoms with Crippen LogP contribution in [0.4, 0.5) is 22.7 Å². The van der Waals surface area contributed by atoms with Gasteiger partial charge in [0.25, 0.3) is 0 Å². The molecule has 168 valence electrons. The van der Waals surface area contributed by atoms with E-state index < -0.39 is 20.0 Å². The van der Waals surface area contributed by atoms with Gasteiger partial charge in [0.15, 0.2) is 0 Å². The highest BCUT2D eigenvalue weighted by atomic mass is 35.5. The highest BCUT2D eigenvalue weighted by Crippen LogP contribution is 2.35. The van der Waals surface area contributed by atoms with E-state index in [0.717, 1.165) is 40.2 Å². The van der Waals surface area contributed by atoms with Crippen LogP contribution in [0, 0.1) is 0 Å². The van der Waals surface area contributed by atoms with Crippen molar-refractivity contribution in [3.8, 4) is 0 Å². The number of halogens is 1. The van der Waals surface area contributed by atoms with Crippen LogP contribution in [-0.2, 0) is 20.0 Å². The maximum atomic E-state index is 11.7. The molecular formula is C21H21ClN4O4S2. The Bertz CT molecular complexity index is 1510. The van der Waals surface area contributed by atoms with Gasteiger partial charge < -0.3 is 5.32 Å². The number of hydrogen-bond acceptors (Lipinski definition) is 6. The second-order valence-electron chi connectivity index (χ2n) is 7.19. The van der Waals surface area contributed by atoms with Crippen molar-refractivity contribution in [2.45, 2.75) is 0 Å². The van der Waals surface area contributed by atoms with Crippen LogP contribution in [0.1, 0.15) is 0 Å². The molecule has 0 aliphatic heterocycles. The maximum Gasteiger partial charge on any atom is 0.229 e. The fourth-order valence-corrected chi connectivity index (χ4v) is 4.40. The average molecular weight is 493 g/mol. The molecule has 1 aromatic heterocycles. The van der Waals surface area contributed by atoms with Gasteiger partial charge in [-0.15, -0.1) is 12.4 Å². The van der Waals surface area contributed by atoms with Crippen LogP contribution in [0.15, 0.2) is 66.7 Å². The van der Waals surface area contributed by atoms with Gasteiger partial charge in [-0.3, -0.25) is 9.44 Å². The van der Waals surface area contributed by atoms with Crippen molar-refractivity contribution in [3.05, 3.63) is 66.7 Å². The Morgan fingerprint density at radius 3 is 1.84 bits per heavy atom. The largest absolute Gasteiger partial charge is 0.354 e. The molecule has 3 N–H and O–H groups in total. The third-order valence-corrected chi connectivity index (χ3v) is 5.65. The number of aromatic nitrogens is 1. The van der Waals surface area contributed by atoms with Gasteiger partial charge in [-0.1, -0.05) is 18.2 Å². The van der Waals surface area contributed by atoms with E-state index in [-0.39, 0.29) is 12.4 Å². The molecule has 3 aromatic carbocycles. The molecule has 0 aliphatic rings. The van der Waals surface area contributed by atoms with Gasteiger partial charge >= 0.3 is 0 Å². The molecule has 0 saturated heterocycles. The van der Waals surface area contributed by atoms with E-state index in [9.17, 15) is 16.8 Å². The Hall–Kier alpha value is -3.08. The van der Waals surface area contributed by atoms with Crippen molar-refractivity contribution >= 4 is 77.0 Å². The quantitative estimate of drug-likeness (QED) is 0.345. The number of nitrogens with zero attached hydrogens (tertiary/aromatic N) is 1. The molecule has 0 spiro atoms. The number of rotatable bonds is 6. The minimum atomic E-state index is -3.43. The lowest BCUT2D eigenvalue weighted by Gasteiger charge is -2.15. The minimum absolute atomic E-state index is 0. The van der Waals surface area contributed by atoms with E-state index in [1.807, 2.05) is 24.3 Å². The molecule has 0 fully saturated rings. The predicted molar refractivity (Wildman–Crippen MR) is 133 cm³/mol. The standard InChI is InChI=1S/C21H20N4O4S2.ClH/c1-30(26,27)24-15-9-7-14(8-10-15)22-21-17-5-3-4-6-19(17)23-20-12-11-16(13-18(20)21)25-31(2,28)29;/h3-13,24-25H,1-2H3,(H,22,23);1H. The lowest BCUT2D eigenvalue weighted by atomic mass is 10.1. The third kappa shape index (κ3) is 5.58. The van der Waals surface area contributed by atoms with Gasteiger partial charge in [-0.2, -0.15) is 0 Å². The van der Waals surface area contributed by atoms with E-state index in [4.69, 9.17) is 0 Å². The zero-order valence-corrected chi connectivity index (χ0v) is 19.6. The average Bonchev–Trinajstić information content (AvgIpc) is 2.67. The zero-order valence-electron chi connectivity index (χ0n) is 17.2. The fraction of sp³-hybridized carbons (Fsp3) is 0.0952. The number of benzene rings is 3. The van der Waals surface area contributed by atoms with E-state index >= 15 is 0 Å². The molecule has 4 aromatic rings. The Morgan fingerprint density at radius 1 is 0.656 bits per heavy atom. The highest BCUT2D eigenvalue weighted by Gasteiger charge is 2.12. The number of hydrogen-bond donors (Lipinski definition) is 3. The van der Waals surface area contributed by atoms with Gasteiger partial charge in [0, 0.05) is 27.8 Å². The second-order valence-corrected chi connectivity index (χ2v) is 10.7. The van der Waals surface area contributed by atoms with Crippen molar-refractivity contribution in [1.29, 1.82) is 0 Å². The lowest BCUT2D eigenvalue weighted by Crippen LogP contribution is -2.09. The number of pyridine rings is 1. The van der Waals surface area contributed by atoms with Gasteiger partial charge in [0.05, 0.1) is 29.2 Å². The van der Waals surface area contributed by atoms with Crippen molar-refractivity contribution in [2.24, 2.45) is 0 Å². The fourth-order valence-electron chi connectivity index (χ4n) is 3.28. The summed E-state index contributed by atoms with van der Waals surface area (Å²) in [6, 6.07) is 19.6. The third-order valence-electron chi connectivity index (χ3n) is 4.44. The SMILES string of the molecule is CS(=O)(=O)Nc1ccc(Nc2c3ccccc3nc3ccc(NS(C)(=O)=O)cc23)cc1.Cl. The van der Waals surface area contributed by atoms with Crippen LogP contribution in [-0.4, -0.2) is 34.3 Å². The van der Waals surface area contributed by atoms with Crippen molar-refractivity contribution in [2.75, 3.05) is 27.3 Å². The molecular weight excluding hydrogens is 472 g/mol. The summed E-state index contributed by atoms with van der Waals surface area (Å²) in [6.07, 6.45) is 2.19. The lowest BCUT2D eigenvalue weighted by molar-refractivity contribution is 0.605. The van der Waals surface area contributed by atoms with Crippen molar-refractivity contribution in [3.63, 3.8) is 0 Å². The smallest absolute Gasteiger partial charge is 0.229 e. The first-order chi connectivity index (χ1) is 14.6. The number of para-hydroxylation sites is 1. The monoisotopic (exact) mass is 492 g/mol. The molecule has 0 atom stereocenters. The highest BCUT2D eigenvalue weighted by molar-refractivity contribution is 7.92. The summed E-state index contributed by atoms with van der Waals surface area (Å²) < 4.78 is 51.1. The van der Waals surface area contributed by atoms with Crippen LogP contribution in [0.25, 0.3) is 21.8 Å². The summed E-state index contributed by atoms with van der Waals surface area (Å²) in [5, 5.41) is 4.98. The van der Waals surface area contributed by atoms with Crippen LogP contribution in [0.5, 0.6) is 0 Å². The van der Waals surface area contributed by atoms with Crippen molar-refractivity contribution in [1.82, 2.24) is 4.98 Å². The number of anilines is 4. The van der Waals surface area contributed by atoms with Crippen molar-refractivity contribution < 1.29 is 16.8 Å². The summed E-state index contributed by atoms with van der Waals surface area (Å²) >= 11 is 0. The molecule has 0 radical (unpaired) electrons. The summed E-state index contributed by atoms with van der Waals surface area (Å²) in [5.41, 5.74) is 3.88. The van der Waals surface area contributed by atoms with Gasteiger partial charge in [0.2, 0.25) is 20.0 Å². The molecule has 0 bridgehead atoms.